The molecule has 1 aromatic rings. The van der Waals surface area contributed by atoms with E-state index in [9.17, 15) is 0 Å². The summed E-state index contributed by atoms with van der Waals surface area (Å²) in [7, 11) is 2.16. The first-order chi connectivity index (χ1) is 7.10. The molecule has 1 aliphatic heterocycles. The van der Waals surface area contributed by atoms with Gasteiger partial charge in [-0.3, -0.25) is 0 Å². The van der Waals surface area contributed by atoms with E-state index in [1.54, 1.807) is 0 Å². The third-order valence-electron chi connectivity index (χ3n) is 3.06. The standard InChI is InChI=1S/C12H17ClN2/c1-12(9-15(2)7-6-14-12)10-4-3-5-11(13)8-10/h3-5,8,14H,6-7,9H2,1-2H3. The van der Waals surface area contributed by atoms with Gasteiger partial charge < -0.3 is 10.2 Å². The minimum Gasteiger partial charge on any atom is -0.305 e. The summed E-state index contributed by atoms with van der Waals surface area (Å²) in [5, 5.41) is 4.38. The van der Waals surface area contributed by atoms with Gasteiger partial charge in [0.25, 0.3) is 0 Å². The Hall–Kier alpha value is -0.570. The van der Waals surface area contributed by atoms with E-state index >= 15 is 0 Å². The Morgan fingerprint density at radius 3 is 2.93 bits per heavy atom. The van der Waals surface area contributed by atoms with E-state index in [0.29, 0.717) is 0 Å². The lowest BCUT2D eigenvalue weighted by Crippen LogP contribution is -2.55. The molecule has 2 rings (SSSR count). The first kappa shape index (κ1) is 10.9. The third-order valence-corrected chi connectivity index (χ3v) is 3.29. The van der Waals surface area contributed by atoms with Crippen LogP contribution in [0.2, 0.25) is 5.02 Å². The van der Waals surface area contributed by atoms with Gasteiger partial charge in [0.2, 0.25) is 0 Å². The SMILES string of the molecule is CN1CCNC(C)(c2cccc(Cl)c2)C1. The molecule has 1 unspecified atom stereocenters. The van der Waals surface area contributed by atoms with E-state index in [2.05, 4.69) is 30.3 Å². The Morgan fingerprint density at radius 2 is 2.27 bits per heavy atom. The zero-order valence-electron chi connectivity index (χ0n) is 9.26. The Balaban J connectivity index is 2.28. The summed E-state index contributed by atoms with van der Waals surface area (Å²) in [6.45, 7) is 5.39. The highest BCUT2D eigenvalue weighted by Crippen LogP contribution is 2.25. The van der Waals surface area contributed by atoms with Crippen molar-refractivity contribution in [1.82, 2.24) is 10.2 Å². The quantitative estimate of drug-likeness (QED) is 0.786. The van der Waals surface area contributed by atoms with E-state index in [1.807, 2.05) is 18.2 Å². The molecule has 2 nitrogen and oxygen atoms in total. The van der Waals surface area contributed by atoms with Crippen molar-refractivity contribution in [3.05, 3.63) is 34.9 Å². The van der Waals surface area contributed by atoms with Gasteiger partial charge in [-0.2, -0.15) is 0 Å². The zero-order chi connectivity index (χ0) is 10.9. The van der Waals surface area contributed by atoms with Gasteiger partial charge in [-0.05, 0) is 31.7 Å². The van der Waals surface area contributed by atoms with Gasteiger partial charge in [-0.15, -0.1) is 0 Å². The first-order valence-electron chi connectivity index (χ1n) is 5.30. The van der Waals surface area contributed by atoms with Gasteiger partial charge in [0.1, 0.15) is 0 Å². The predicted molar refractivity (Wildman–Crippen MR) is 64.3 cm³/mol. The number of nitrogens with zero attached hydrogens (tertiary/aromatic N) is 1. The van der Waals surface area contributed by atoms with Crippen LogP contribution in [0.25, 0.3) is 0 Å². The molecule has 1 atom stereocenters. The predicted octanol–water partition coefficient (Wildman–Crippen LogP) is 2.09. The topological polar surface area (TPSA) is 15.3 Å². The zero-order valence-corrected chi connectivity index (χ0v) is 10.0. The maximum Gasteiger partial charge on any atom is 0.0535 e. The number of halogens is 1. The van der Waals surface area contributed by atoms with Crippen LogP contribution in [-0.4, -0.2) is 31.6 Å². The molecule has 82 valence electrons. The Labute approximate surface area is 96.2 Å². The summed E-state index contributed by atoms with van der Waals surface area (Å²) in [5.74, 6) is 0. The average Bonchev–Trinajstić information content (AvgIpc) is 2.17. The molecule has 1 aliphatic rings. The normalized spacial score (nSPS) is 27.9. The monoisotopic (exact) mass is 224 g/mol. The van der Waals surface area contributed by atoms with Crippen molar-refractivity contribution in [3.8, 4) is 0 Å². The lowest BCUT2D eigenvalue weighted by atomic mass is 9.90. The Morgan fingerprint density at radius 1 is 1.47 bits per heavy atom. The van der Waals surface area contributed by atoms with Gasteiger partial charge in [-0.1, -0.05) is 23.7 Å². The van der Waals surface area contributed by atoms with Gasteiger partial charge in [-0.25, -0.2) is 0 Å². The number of hydrogen-bond donors (Lipinski definition) is 1. The number of hydrogen-bond acceptors (Lipinski definition) is 2. The van der Waals surface area contributed by atoms with Gasteiger partial charge in [0.05, 0.1) is 5.54 Å². The molecule has 1 saturated heterocycles. The maximum absolute atomic E-state index is 6.02. The highest BCUT2D eigenvalue weighted by molar-refractivity contribution is 6.30. The van der Waals surface area contributed by atoms with E-state index < -0.39 is 0 Å². The lowest BCUT2D eigenvalue weighted by Gasteiger charge is -2.40. The third kappa shape index (κ3) is 2.33. The molecular formula is C12H17ClN2. The second-order valence-electron chi connectivity index (χ2n) is 4.51. The first-order valence-corrected chi connectivity index (χ1v) is 5.68. The largest absolute Gasteiger partial charge is 0.305 e. The van der Waals surface area contributed by atoms with Crippen molar-refractivity contribution >= 4 is 11.6 Å². The minimum atomic E-state index is 0.0257. The van der Waals surface area contributed by atoms with Crippen LogP contribution in [0.1, 0.15) is 12.5 Å². The van der Waals surface area contributed by atoms with Crippen molar-refractivity contribution in [2.45, 2.75) is 12.5 Å². The van der Waals surface area contributed by atoms with E-state index in [0.717, 1.165) is 24.7 Å². The molecule has 0 radical (unpaired) electrons. The molecule has 1 heterocycles. The summed E-state index contributed by atoms with van der Waals surface area (Å²) in [6.07, 6.45) is 0. The van der Waals surface area contributed by atoms with Crippen LogP contribution in [-0.2, 0) is 5.54 Å². The van der Waals surface area contributed by atoms with Crippen molar-refractivity contribution < 1.29 is 0 Å². The van der Waals surface area contributed by atoms with Crippen LogP contribution in [0, 0.1) is 0 Å². The molecule has 1 N–H and O–H groups in total. The van der Waals surface area contributed by atoms with Gasteiger partial charge in [0, 0.05) is 24.7 Å². The summed E-state index contributed by atoms with van der Waals surface area (Å²) < 4.78 is 0. The van der Waals surface area contributed by atoms with Gasteiger partial charge in [0.15, 0.2) is 0 Å². The fourth-order valence-electron chi connectivity index (χ4n) is 2.22. The van der Waals surface area contributed by atoms with Crippen LogP contribution in [0.5, 0.6) is 0 Å². The van der Waals surface area contributed by atoms with Crippen molar-refractivity contribution in [3.63, 3.8) is 0 Å². The highest BCUT2D eigenvalue weighted by atomic mass is 35.5. The van der Waals surface area contributed by atoms with Crippen LogP contribution < -0.4 is 5.32 Å². The molecular weight excluding hydrogens is 208 g/mol. The number of piperazine rings is 1. The van der Waals surface area contributed by atoms with Crippen LogP contribution in [0.4, 0.5) is 0 Å². The van der Waals surface area contributed by atoms with E-state index in [1.165, 1.54) is 5.56 Å². The number of benzene rings is 1. The summed E-state index contributed by atoms with van der Waals surface area (Å²) >= 11 is 6.02. The molecule has 3 heteroatoms. The Bertz CT molecular complexity index is 353. The summed E-state index contributed by atoms with van der Waals surface area (Å²) in [5.41, 5.74) is 1.29. The summed E-state index contributed by atoms with van der Waals surface area (Å²) in [4.78, 5) is 2.34. The van der Waals surface area contributed by atoms with Crippen molar-refractivity contribution in [1.29, 1.82) is 0 Å². The van der Waals surface area contributed by atoms with Gasteiger partial charge >= 0.3 is 0 Å². The fraction of sp³-hybridized carbons (Fsp3) is 0.500. The smallest absolute Gasteiger partial charge is 0.0535 e. The number of nitrogens with one attached hydrogen (secondary N) is 1. The van der Waals surface area contributed by atoms with Crippen LogP contribution >= 0.6 is 11.6 Å². The minimum absolute atomic E-state index is 0.0257. The lowest BCUT2D eigenvalue weighted by molar-refractivity contribution is 0.171. The van der Waals surface area contributed by atoms with E-state index in [-0.39, 0.29) is 5.54 Å². The molecule has 0 saturated carbocycles. The van der Waals surface area contributed by atoms with Crippen molar-refractivity contribution in [2.75, 3.05) is 26.7 Å². The molecule has 0 aliphatic carbocycles. The fourth-order valence-corrected chi connectivity index (χ4v) is 2.41. The molecule has 0 amide bonds. The Kier molecular flexibility index (Phi) is 3.01. The average molecular weight is 225 g/mol. The molecule has 1 aromatic carbocycles. The highest BCUT2D eigenvalue weighted by Gasteiger charge is 2.30. The number of rotatable bonds is 1. The molecule has 0 bridgehead atoms. The second-order valence-corrected chi connectivity index (χ2v) is 4.94. The second kappa shape index (κ2) is 4.12. The van der Waals surface area contributed by atoms with E-state index in [4.69, 9.17) is 11.6 Å². The molecule has 1 fully saturated rings. The molecule has 15 heavy (non-hydrogen) atoms. The summed E-state index contributed by atoms with van der Waals surface area (Å²) in [6, 6.07) is 8.12. The van der Waals surface area contributed by atoms with Crippen molar-refractivity contribution in [2.24, 2.45) is 0 Å². The van der Waals surface area contributed by atoms with Crippen LogP contribution in [0.3, 0.4) is 0 Å². The molecule has 0 aromatic heterocycles. The molecule has 0 spiro atoms. The number of likely N-dealkylation sites (N-methyl/N-ethyl adjacent to an activating group) is 1. The maximum atomic E-state index is 6.02. The van der Waals surface area contributed by atoms with Crippen LogP contribution in [0.15, 0.2) is 24.3 Å².